The number of nitro benzene ring substituents is 2. The molecule has 2 aromatic carbocycles. The molecule has 0 aromatic heterocycles. The maximum absolute atomic E-state index is 10.8. The van der Waals surface area contributed by atoms with Gasteiger partial charge in [-0.1, -0.05) is 24.3 Å². The molecule has 0 heterocycles. The highest BCUT2D eigenvalue weighted by molar-refractivity contribution is 6.02. The Balaban J connectivity index is 2.29. The van der Waals surface area contributed by atoms with Crippen molar-refractivity contribution in [2.45, 2.75) is 13.8 Å². The Morgan fingerprint density at radius 2 is 1.17 bits per heavy atom. The molecule has 8 nitrogen and oxygen atoms in total. The van der Waals surface area contributed by atoms with E-state index >= 15 is 0 Å². The van der Waals surface area contributed by atoms with Crippen LogP contribution in [0.4, 0.5) is 11.4 Å². The third kappa shape index (κ3) is 4.07. The lowest BCUT2D eigenvalue weighted by Crippen LogP contribution is -1.99. The van der Waals surface area contributed by atoms with E-state index in [4.69, 9.17) is 0 Å². The molecule has 2 rings (SSSR count). The van der Waals surface area contributed by atoms with Crippen LogP contribution in [0.1, 0.15) is 25.0 Å². The van der Waals surface area contributed by atoms with Crippen molar-refractivity contribution in [3.63, 3.8) is 0 Å². The summed E-state index contributed by atoms with van der Waals surface area (Å²) in [6.07, 6.45) is 0. The number of non-ortho nitro benzene ring substituents is 2. The average molecular weight is 326 g/mol. The van der Waals surface area contributed by atoms with E-state index in [9.17, 15) is 20.2 Å². The van der Waals surface area contributed by atoms with Crippen molar-refractivity contribution in [1.82, 2.24) is 0 Å². The number of hydrogen-bond donors (Lipinski definition) is 0. The maximum atomic E-state index is 10.8. The third-order valence-corrected chi connectivity index (χ3v) is 3.30. The van der Waals surface area contributed by atoms with Crippen LogP contribution in [0.2, 0.25) is 0 Å². The fourth-order valence-corrected chi connectivity index (χ4v) is 1.95. The van der Waals surface area contributed by atoms with Crippen LogP contribution in [0.5, 0.6) is 0 Å². The molecule has 8 heteroatoms. The molecule has 0 saturated heterocycles. The Hall–Kier alpha value is -3.42. The molecule has 0 aliphatic rings. The zero-order chi connectivity index (χ0) is 17.7. The predicted octanol–water partition coefficient (Wildman–Crippen LogP) is 3.74. The minimum atomic E-state index is -0.478. The van der Waals surface area contributed by atoms with E-state index in [-0.39, 0.29) is 11.4 Å². The zero-order valence-corrected chi connectivity index (χ0v) is 13.0. The molecule has 0 saturated carbocycles. The third-order valence-electron chi connectivity index (χ3n) is 3.30. The highest BCUT2D eigenvalue weighted by atomic mass is 16.6. The molecule has 0 fully saturated rings. The molecule has 0 aliphatic carbocycles. The van der Waals surface area contributed by atoms with Crippen LogP contribution in [0, 0.1) is 20.2 Å². The molecule has 0 aliphatic heterocycles. The van der Waals surface area contributed by atoms with Gasteiger partial charge in [0.1, 0.15) is 0 Å². The van der Waals surface area contributed by atoms with Gasteiger partial charge in [-0.2, -0.15) is 10.2 Å². The van der Waals surface area contributed by atoms with Gasteiger partial charge in [0, 0.05) is 35.4 Å². The van der Waals surface area contributed by atoms with Crippen molar-refractivity contribution in [2.24, 2.45) is 10.2 Å². The Bertz CT molecular complexity index is 787. The van der Waals surface area contributed by atoms with E-state index in [0.29, 0.717) is 22.6 Å². The smallest absolute Gasteiger partial charge is 0.258 e. The van der Waals surface area contributed by atoms with Crippen LogP contribution < -0.4 is 0 Å². The van der Waals surface area contributed by atoms with Crippen molar-refractivity contribution in [2.75, 3.05) is 0 Å². The molecule has 0 amide bonds. The largest absolute Gasteiger partial charge is 0.270 e. The van der Waals surface area contributed by atoms with E-state index in [2.05, 4.69) is 10.2 Å². The molecule has 0 N–H and O–H groups in total. The summed E-state index contributed by atoms with van der Waals surface area (Å²) in [7, 11) is 0. The average Bonchev–Trinajstić information content (AvgIpc) is 2.59. The number of nitrogens with zero attached hydrogens (tertiary/aromatic N) is 4. The molecular weight excluding hydrogens is 312 g/mol. The number of benzene rings is 2. The predicted molar refractivity (Wildman–Crippen MR) is 90.6 cm³/mol. The van der Waals surface area contributed by atoms with Crippen molar-refractivity contribution >= 4 is 22.8 Å². The molecule has 24 heavy (non-hydrogen) atoms. The summed E-state index contributed by atoms with van der Waals surface area (Å²) in [6.45, 7) is 3.37. The van der Waals surface area contributed by atoms with Gasteiger partial charge < -0.3 is 0 Å². The lowest BCUT2D eigenvalue weighted by Gasteiger charge is -2.01. The van der Waals surface area contributed by atoms with Gasteiger partial charge in [-0.3, -0.25) is 20.2 Å². The Kier molecular flexibility index (Phi) is 5.10. The topological polar surface area (TPSA) is 111 Å². The number of rotatable bonds is 5. The second-order valence-corrected chi connectivity index (χ2v) is 4.99. The van der Waals surface area contributed by atoms with Crippen molar-refractivity contribution in [1.29, 1.82) is 0 Å². The molecule has 0 spiro atoms. The molecular formula is C16H14N4O4. The minimum absolute atomic E-state index is 0.0264. The summed E-state index contributed by atoms with van der Waals surface area (Å²) in [6, 6.07) is 12.2. The Morgan fingerprint density at radius 3 is 1.50 bits per heavy atom. The lowest BCUT2D eigenvalue weighted by molar-refractivity contribution is -0.385. The van der Waals surface area contributed by atoms with Crippen LogP contribution in [-0.4, -0.2) is 21.3 Å². The summed E-state index contributed by atoms with van der Waals surface area (Å²) >= 11 is 0. The monoisotopic (exact) mass is 326 g/mol. The molecule has 0 radical (unpaired) electrons. The van der Waals surface area contributed by atoms with E-state index in [0.717, 1.165) is 0 Å². The van der Waals surface area contributed by atoms with E-state index in [1.807, 2.05) is 0 Å². The fourth-order valence-electron chi connectivity index (χ4n) is 1.95. The minimum Gasteiger partial charge on any atom is -0.258 e. The number of hydrogen-bond acceptors (Lipinski definition) is 6. The lowest BCUT2D eigenvalue weighted by atomic mass is 10.1. The fraction of sp³-hybridized carbons (Fsp3) is 0.125. The van der Waals surface area contributed by atoms with Gasteiger partial charge in [0.05, 0.1) is 21.3 Å². The van der Waals surface area contributed by atoms with Gasteiger partial charge in [-0.05, 0) is 13.8 Å². The molecule has 2 aromatic rings. The SMILES string of the molecule is C/C(=N/N=C(\C)c1cccc([N+](=O)[O-])c1)c1cccc([N+](=O)[O-])c1. The first-order chi connectivity index (χ1) is 11.4. The van der Waals surface area contributed by atoms with Crippen molar-refractivity contribution in [3.05, 3.63) is 79.9 Å². The summed E-state index contributed by atoms with van der Waals surface area (Å²) in [5.74, 6) is 0. The van der Waals surface area contributed by atoms with Crippen molar-refractivity contribution < 1.29 is 9.85 Å². The van der Waals surface area contributed by atoms with Crippen LogP contribution in [0.3, 0.4) is 0 Å². The highest BCUT2D eigenvalue weighted by Gasteiger charge is 2.09. The molecule has 0 bridgehead atoms. The highest BCUT2D eigenvalue weighted by Crippen LogP contribution is 2.15. The first-order valence-electron chi connectivity index (χ1n) is 6.97. The zero-order valence-electron chi connectivity index (χ0n) is 13.0. The van der Waals surface area contributed by atoms with Gasteiger partial charge in [0.2, 0.25) is 0 Å². The van der Waals surface area contributed by atoms with Gasteiger partial charge in [0.15, 0.2) is 0 Å². The van der Waals surface area contributed by atoms with Crippen LogP contribution in [-0.2, 0) is 0 Å². The summed E-state index contributed by atoms with van der Waals surface area (Å²) < 4.78 is 0. The second kappa shape index (κ2) is 7.23. The van der Waals surface area contributed by atoms with Gasteiger partial charge in [-0.25, -0.2) is 0 Å². The summed E-state index contributed by atoms with van der Waals surface area (Å²) in [5, 5.41) is 29.7. The van der Waals surface area contributed by atoms with Crippen LogP contribution in [0.15, 0.2) is 58.7 Å². The first-order valence-corrected chi connectivity index (χ1v) is 6.97. The van der Waals surface area contributed by atoms with Gasteiger partial charge in [0.25, 0.3) is 11.4 Å². The molecule has 0 atom stereocenters. The second-order valence-electron chi connectivity index (χ2n) is 4.99. The maximum Gasteiger partial charge on any atom is 0.270 e. The van der Waals surface area contributed by atoms with E-state index in [1.165, 1.54) is 24.3 Å². The van der Waals surface area contributed by atoms with E-state index < -0.39 is 9.85 Å². The molecule has 122 valence electrons. The number of nitro groups is 2. The Morgan fingerprint density at radius 1 is 0.792 bits per heavy atom. The van der Waals surface area contributed by atoms with Gasteiger partial charge in [-0.15, -0.1) is 0 Å². The Labute approximate surface area is 137 Å². The molecule has 0 unspecified atom stereocenters. The quantitative estimate of drug-likeness (QED) is 0.473. The van der Waals surface area contributed by atoms with Gasteiger partial charge >= 0.3 is 0 Å². The normalized spacial score (nSPS) is 12.1. The summed E-state index contributed by atoms with van der Waals surface area (Å²) in [5.41, 5.74) is 2.12. The van der Waals surface area contributed by atoms with Crippen LogP contribution >= 0.6 is 0 Å². The van der Waals surface area contributed by atoms with E-state index in [1.54, 1.807) is 38.1 Å². The van der Waals surface area contributed by atoms with Crippen LogP contribution in [0.25, 0.3) is 0 Å². The van der Waals surface area contributed by atoms with Crippen molar-refractivity contribution in [3.8, 4) is 0 Å². The first kappa shape index (κ1) is 16.9. The summed E-state index contributed by atoms with van der Waals surface area (Å²) in [4.78, 5) is 20.6. The standard InChI is InChI=1S/C16H14N4O4/c1-11(13-5-3-7-15(9-13)19(21)22)17-18-12(2)14-6-4-8-16(10-14)20(23)24/h3-10H,1-2H3/b17-11-,18-12+.